The predicted molar refractivity (Wildman–Crippen MR) is 453 cm³/mol. The number of aryl methyl sites for hydroxylation is 2. The molecule has 4 aliphatic heterocycles. The van der Waals surface area contributed by atoms with Gasteiger partial charge in [-0.25, -0.2) is 14.6 Å². The molecule has 0 bridgehead atoms. The third-order valence-corrected chi connectivity index (χ3v) is 22.7. The number of pyridine rings is 3. The predicted octanol–water partition coefficient (Wildman–Crippen LogP) is 10.9. The van der Waals surface area contributed by atoms with Gasteiger partial charge in [0.25, 0.3) is 0 Å². The second kappa shape index (κ2) is 76.5. The van der Waals surface area contributed by atoms with Crippen LogP contribution in [0.5, 0.6) is 0 Å². The number of aliphatic imine (C=N–C) groups is 1. The van der Waals surface area contributed by atoms with Crippen LogP contribution < -0.4 is 10.9 Å². The molecule has 0 saturated carbocycles. The van der Waals surface area contributed by atoms with Crippen LogP contribution in [0.25, 0.3) is 61.2 Å². The van der Waals surface area contributed by atoms with E-state index in [2.05, 4.69) is 187 Å². The second-order valence-electron chi connectivity index (χ2n) is 33.6. The number of benzene rings is 2. The van der Waals surface area contributed by atoms with Crippen molar-refractivity contribution in [1.82, 2.24) is 93.5 Å². The summed E-state index contributed by atoms with van der Waals surface area (Å²) in [6.45, 7) is 36.2. The minimum atomic E-state index is -0.0697. The Morgan fingerprint density at radius 2 is 0.702 bits per heavy atom. The summed E-state index contributed by atoms with van der Waals surface area (Å²) in [4.78, 5) is 82.6. The second-order valence-corrected chi connectivity index (χ2v) is 33.6. The Kier molecular flexibility index (Phi) is 89.7. The Balaban J connectivity index is -0.000000419. The maximum absolute atomic E-state index is 13.3. The number of allylic oxidation sites excluding steroid dienone is 1. The summed E-state index contributed by atoms with van der Waals surface area (Å²) in [5.41, 5.74) is 13.3. The first-order valence-corrected chi connectivity index (χ1v) is 40.3. The first-order valence-electron chi connectivity index (χ1n) is 40.3. The van der Waals surface area contributed by atoms with Gasteiger partial charge in [0.2, 0.25) is 22.3 Å². The molecule has 0 amide bonds. The molecule has 2 unspecified atom stereocenters. The van der Waals surface area contributed by atoms with Crippen LogP contribution in [0.2, 0.25) is 0 Å². The van der Waals surface area contributed by atoms with Crippen LogP contribution in [-0.2, 0) is 632 Å². The van der Waals surface area contributed by atoms with Gasteiger partial charge < -0.3 is 52.9 Å². The van der Waals surface area contributed by atoms with Crippen molar-refractivity contribution in [1.29, 1.82) is 0 Å². The average molecular weight is 3130 g/mol. The molecule has 2 atom stereocenters. The minimum absolute atomic E-state index is 0. The SMILES string of the molecule is [CH2-]N1CCN([CH2-])CCN(Cc2ccc3c(=O)c4cc(C(C)(C)C)ccc4oc3n2)CCN([CH2-])CC1.[CH2-]N1CCN([CH2-])CCN(Cc2ccc3c(n2)C2N=CC=CC2c2nc4c(nc2-3)CCCC4)CCN([CH2-])CC1.[CH2-]N1CCN([CH2-])CCN(Cc2ccn(-c3ccc4c(=O)c5cc(C(C)(C)C)ccc5oc4n3)n2)CCN([CH2-])CC1.[Y].[Y].[Y].[Y].[Y].[Y].[Y].[Y].[Y].[Y].[Y].[Y].[Y].[Y].[Y].[Y].[Y].[Y]. The molecule has 0 N–H and O–H groups in total. The van der Waals surface area contributed by atoms with Gasteiger partial charge in [-0.05, 0) is 238 Å². The van der Waals surface area contributed by atoms with Crippen molar-refractivity contribution in [2.75, 3.05) is 157 Å². The zero-order valence-electron chi connectivity index (χ0n) is 78.2. The number of nitrogens with zero attached hydrogens (tertiary/aromatic N) is 20. The fourth-order valence-electron chi connectivity index (χ4n) is 15.1. The van der Waals surface area contributed by atoms with Gasteiger partial charge in [0.15, 0.2) is 5.82 Å². The van der Waals surface area contributed by atoms with E-state index in [1.54, 1.807) is 10.7 Å². The van der Waals surface area contributed by atoms with Crippen molar-refractivity contribution >= 4 is 50.4 Å². The third-order valence-electron chi connectivity index (χ3n) is 22.7. The van der Waals surface area contributed by atoms with Crippen molar-refractivity contribution in [2.24, 2.45) is 4.99 Å². The number of rotatable bonds is 7. The van der Waals surface area contributed by atoms with Crippen LogP contribution in [0.15, 0.2) is 121 Å². The van der Waals surface area contributed by atoms with Crippen LogP contribution in [0, 0.1) is 63.4 Å². The molecule has 24 nitrogen and oxygen atoms in total. The van der Waals surface area contributed by atoms with Crippen LogP contribution in [-0.4, -0.2) is 257 Å². The summed E-state index contributed by atoms with van der Waals surface area (Å²) in [6.07, 6.45) is 12.5. The molecule has 11 heterocycles. The molecule has 2 aliphatic carbocycles. The zero-order valence-corrected chi connectivity index (χ0v) is 129. The van der Waals surface area contributed by atoms with Gasteiger partial charge >= 0.3 is 0 Å². The molecule has 42 heteroatoms. The Bertz CT molecular complexity index is 4930. The van der Waals surface area contributed by atoms with Gasteiger partial charge in [0, 0.05) is 672 Å². The number of aromatic nitrogens is 7. The van der Waals surface area contributed by atoms with Gasteiger partial charge in [-0.2, -0.15) is 10.1 Å². The molecule has 3 saturated heterocycles. The molecule has 3 fully saturated rings. The van der Waals surface area contributed by atoms with Crippen molar-refractivity contribution in [3.63, 3.8) is 0 Å². The van der Waals surface area contributed by atoms with Gasteiger partial charge in [-0.15, -0.1) is 0 Å². The minimum Gasteiger partial charge on any atom is -0.457 e. The van der Waals surface area contributed by atoms with Gasteiger partial charge in [-0.3, -0.25) is 103 Å². The largest absolute Gasteiger partial charge is 0.457 e. The standard InChI is InChI=1S/C31H40N7O2.C30H39N8.C28H38N5O2.18Y/c1-31(2,3)23-7-9-27-26(21-23)29(39)25-8-10-28(32-30(25)40-27)38-12-11-24(33-38)22-37-19-17-35(5)15-13-34(4)14-16-36(6)18-20-37;1-35-13-15-36(2)17-19-38(20-18-37(3)16-14-35)21-22-10-11-24-28(32-22)27-23(7-6-12-31-27)29-30(24)34-26-9-5-4-8-25(26)33-29;1-28(2,3)21-7-10-25-24(19-21)26(34)23-9-8-22(29-27(23)35-25)20-33-17-15-31(5)13-11-30(4)12-14-32(6)16-18-33;;;;;;;;;;;;;;;;;;/h7-12,21H,4-6,13-20,22H2,1-3H3;6-7,10-12,23,27H,1-5,8-9,13-21H2;7-10,19H,4-6,11-18,20H2,1-3H3;;;;;;;;;;;;;;;;;;/q3*-3;;;;;;;;;;;;;;;;;;. The number of dihydropyridines is 1. The maximum Gasteiger partial charge on any atom is 0.232 e. The van der Waals surface area contributed by atoms with E-state index >= 15 is 0 Å². The van der Waals surface area contributed by atoms with E-state index in [0.717, 1.165) is 227 Å². The smallest absolute Gasteiger partial charge is 0.232 e. The molecule has 7 aromatic heterocycles. The van der Waals surface area contributed by atoms with Gasteiger partial charge in [0.05, 0.1) is 67.1 Å². The van der Waals surface area contributed by atoms with Crippen molar-refractivity contribution < 1.29 is 598 Å². The van der Waals surface area contributed by atoms with E-state index in [-0.39, 0.29) is 622 Å². The van der Waals surface area contributed by atoms with E-state index in [9.17, 15) is 9.59 Å². The van der Waals surface area contributed by atoms with E-state index in [1.807, 2.05) is 79.2 Å². The Morgan fingerprint density at radius 3 is 1.09 bits per heavy atom. The Labute approximate surface area is 1230 Å². The number of hydrogen-bond donors (Lipinski definition) is 0. The number of hydrogen-bond acceptors (Lipinski definition) is 23. The normalized spacial score (nSPS) is 18.1. The molecular formula is C89H117N20O4Y18-9. The van der Waals surface area contributed by atoms with Crippen LogP contribution in [0.3, 0.4) is 0 Å². The fourth-order valence-corrected chi connectivity index (χ4v) is 15.1. The maximum atomic E-state index is 13.3. The molecule has 131 heavy (non-hydrogen) atoms. The topological polar surface area (TPSA) is 194 Å². The molecule has 6 aliphatic rings. The summed E-state index contributed by atoms with van der Waals surface area (Å²) in [7, 11) is 37.6. The summed E-state index contributed by atoms with van der Waals surface area (Å²) < 4.78 is 13.9. The number of fused-ring (bicyclic) bond motifs is 11. The van der Waals surface area contributed by atoms with Gasteiger partial charge in [-0.1, -0.05) is 59.8 Å². The van der Waals surface area contributed by atoms with Crippen molar-refractivity contribution in [3.05, 3.63) is 232 Å². The first-order chi connectivity index (χ1) is 54.2. The quantitative estimate of drug-likeness (QED) is 0.108. The van der Waals surface area contributed by atoms with E-state index in [1.165, 1.54) is 24.2 Å². The van der Waals surface area contributed by atoms with Crippen molar-refractivity contribution in [2.45, 2.75) is 110 Å². The monoisotopic (exact) mass is 3130 g/mol. The van der Waals surface area contributed by atoms with Crippen LogP contribution in [0.1, 0.15) is 117 Å². The summed E-state index contributed by atoms with van der Waals surface area (Å²) in [5.74, 6) is 0.700. The van der Waals surface area contributed by atoms with E-state index in [4.69, 9.17) is 38.9 Å². The molecule has 660 valence electrons. The van der Waals surface area contributed by atoms with Gasteiger partial charge in [0.1, 0.15) is 17.2 Å². The Morgan fingerprint density at radius 1 is 0.359 bits per heavy atom. The third kappa shape index (κ3) is 46.7. The fraction of sp³-hybridized carbons (Fsp3) is 0.461. The molecule has 15 rings (SSSR count). The molecule has 2 aromatic carbocycles. The molecule has 18 radical (unpaired) electrons. The average Bonchev–Trinajstić information content (AvgIpc) is 1.28. The summed E-state index contributed by atoms with van der Waals surface area (Å²) >= 11 is 0. The summed E-state index contributed by atoms with van der Waals surface area (Å²) in [5, 5.41) is 6.97. The molecule has 0 spiro atoms. The summed E-state index contributed by atoms with van der Waals surface area (Å²) in [6, 6.07) is 25.4. The van der Waals surface area contributed by atoms with Crippen molar-refractivity contribution in [3.8, 4) is 17.1 Å². The Hall–Kier alpha value is 11.9. The van der Waals surface area contributed by atoms with E-state index in [0.29, 0.717) is 63.0 Å². The first kappa shape index (κ1) is 154. The van der Waals surface area contributed by atoms with Crippen LogP contribution in [0.4, 0.5) is 0 Å². The molecule has 9 aromatic rings. The zero-order chi connectivity index (χ0) is 79.7. The van der Waals surface area contributed by atoms with E-state index < -0.39 is 0 Å². The molecular weight excluding hydrogens is 3010 g/mol. The van der Waals surface area contributed by atoms with Crippen LogP contribution >= 0.6 is 0 Å².